The van der Waals surface area contributed by atoms with Crippen molar-refractivity contribution in [3.8, 4) is 5.75 Å². The summed E-state index contributed by atoms with van der Waals surface area (Å²) in [7, 11) is 0. The fourth-order valence-corrected chi connectivity index (χ4v) is 2.81. The van der Waals surface area contributed by atoms with Crippen LogP contribution in [0.2, 0.25) is 0 Å². The molecule has 1 heterocycles. The Morgan fingerprint density at radius 2 is 2.07 bits per heavy atom. The van der Waals surface area contributed by atoms with Gasteiger partial charge in [-0.2, -0.15) is 0 Å². The second-order valence-electron chi connectivity index (χ2n) is 6.67. The minimum absolute atomic E-state index is 0.0940. The summed E-state index contributed by atoms with van der Waals surface area (Å²) in [4.78, 5) is 28.2. The molecule has 2 aromatic rings. The topological polar surface area (TPSA) is 130 Å². The largest absolute Gasteiger partial charge is 0.489 e. The first kappa shape index (κ1) is 20.9. The van der Waals surface area contributed by atoms with E-state index < -0.39 is 35.3 Å². The van der Waals surface area contributed by atoms with E-state index in [2.05, 4.69) is 15.6 Å². The molecule has 5 N–H and O–H groups in total. The maximum Gasteiger partial charge on any atom is 0.289 e. The van der Waals surface area contributed by atoms with Gasteiger partial charge in [0.05, 0.1) is 0 Å². The lowest BCUT2D eigenvalue weighted by Crippen LogP contribution is -2.48. The lowest BCUT2D eigenvalue weighted by molar-refractivity contribution is -0.123. The first-order valence-electron chi connectivity index (χ1n) is 8.94. The molecule has 0 fully saturated rings. The molecule has 0 aliphatic carbocycles. The number of amides is 2. The highest BCUT2D eigenvalue weighted by molar-refractivity contribution is 6.39. The van der Waals surface area contributed by atoms with Crippen LogP contribution in [0.1, 0.15) is 11.1 Å². The molecule has 0 saturated carbocycles. The number of carbonyl (C=O) groups is 2. The van der Waals surface area contributed by atoms with E-state index in [9.17, 15) is 18.4 Å². The van der Waals surface area contributed by atoms with Crippen LogP contribution < -0.4 is 21.1 Å². The molecule has 3 rings (SSSR count). The number of anilines is 1. The number of ether oxygens (including phenoxy) is 1. The van der Waals surface area contributed by atoms with Gasteiger partial charge in [-0.05, 0) is 36.2 Å². The number of benzene rings is 2. The first-order chi connectivity index (χ1) is 14.2. The van der Waals surface area contributed by atoms with Crippen LogP contribution in [0.3, 0.4) is 0 Å². The predicted molar refractivity (Wildman–Crippen MR) is 107 cm³/mol. The van der Waals surface area contributed by atoms with Crippen molar-refractivity contribution in [1.29, 1.82) is 5.41 Å². The Kier molecular flexibility index (Phi) is 6.05. The molecule has 1 aliphatic heterocycles. The summed E-state index contributed by atoms with van der Waals surface area (Å²) < 4.78 is 33.2. The van der Waals surface area contributed by atoms with Gasteiger partial charge in [0.2, 0.25) is 5.84 Å². The smallest absolute Gasteiger partial charge is 0.289 e. The van der Waals surface area contributed by atoms with E-state index in [4.69, 9.17) is 15.9 Å². The lowest BCUT2D eigenvalue weighted by atomic mass is 10.1. The van der Waals surface area contributed by atoms with Gasteiger partial charge in [-0.1, -0.05) is 18.2 Å². The number of hydrogen-bond donors (Lipinski definition) is 4. The average Bonchev–Trinajstić information content (AvgIpc) is 2.83. The van der Waals surface area contributed by atoms with Gasteiger partial charge >= 0.3 is 0 Å². The third-order valence-corrected chi connectivity index (χ3v) is 4.27. The average molecular weight is 415 g/mol. The van der Waals surface area contributed by atoms with Gasteiger partial charge in [-0.25, -0.2) is 13.8 Å². The van der Waals surface area contributed by atoms with Gasteiger partial charge in [-0.3, -0.25) is 15.0 Å². The third-order valence-electron chi connectivity index (χ3n) is 4.27. The predicted octanol–water partition coefficient (Wildman–Crippen LogP) is 1.67. The van der Waals surface area contributed by atoms with E-state index in [-0.39, 0.29) is 35.9 Å². The zero-order chi connectivity index (χ0) is 21.8. The molecular formula is C20H19F2N5O3. The van der Waals surface area contributed by atoms with Gasteiger partial charge in [0.1, 0.15) is 35.7 Å². The standard InChI is InChI=1S/C20H19F2N5O3/c1-10-6-13(22)17-15(7-10)30-9-14(19(28)27-17)25-20(29)18(24)26-16(23)8-11-4-2-3-5-12(11)21/h2-7,14H,8-9H2,1H3,(H,25,29)(H,27,28)(H3,23,24,26). The fraction of sp³-hybridized carbons (Fsp3) is 0.200. The number of amidine groups is 2. The second kappa shape index (κ2) is 8.68. The normalized spacial score (nSPS) is 16.0. The summed E-state index contributed by atoms with van der Waals surface area (Å²) in [5.41, 5.74) is 6.45. The Morgan fingerprint density at radius 1 is 1.33 bits per heavy atom. The molecule has 1 aliphatic rings. The molecule has 0 aromatic heterocycles. The van der Waals surface area contributed by atoms with Crippen LogP contribution in [0.15, 0.2) is 41.4 Å². The molecular weight excluding hydrogens is 396 g/mol. The Labute approximate surface area is 170 Å². The van der Waals surface area contributed by atoms with Gasteiger partial charge in [0.15, 0.2) is 5.82 Å². The molecule has 0 radical (unpaired) electrons. The zero-order valence-electron chi connectivity index (χ0n) is 16.0. The number of nitrogens with one attached hydrogen (secondary N) is 3. The highest BCUT2D eigenvalue weighted by atomic mass is 19.1. The molecule has 1 unspecified atom stereocenters. The van der Waals surface area contributed by atoms with Crippen LogP contribution >= 0.6 is 0 Å². The third kappa shape index (κ3) is 4.77. The summed E-state index contributed by atoms with van der Waals surface area (Å²) in [5, 5.41) is 12.4. The number of nitrogens with two attached hydrogens (primary N) is 1. The number of aliphatic imine (C=N–C) groups is 1. The summed E-state index contributed by atoms with van der Waals surface area (Å²) in [6, 6.07) is 7.51. The second-order valence-corrected chi connectivity index (χ2v) is 6.67. The number of fused-ring (bicyclic) bond motifs is 1. The van der Waals surface area contributed by atoms with Crippen molar-refractivity contribution < 1.29 is 23.1 Å². The van der Waals surface area contributed by atoms with Crippen molar-refractivity contribution in [2.75, 3.05) is 11.9 Å². The number of aryl methyl sites for hydroxylation is 1. The Morgan fingerprint density at radius 3 is 2.80 bits per heavy atom. The molecule has 0 spiro atoms. The summed E-state index contributed by atoms with van der Waals surface area (Å²) >= 11 is 0. The van der Waals surface area contributed by atoms with E-state index in [1.165, 1.54) is 24.3 Å². The van der Waals surface area contributed by atoms with Crippen molar-refractivity contribution in [2.45, 2.75) is 19.4 Å². The minimum Gasteiger partial charge on any atom is -0.489 e. The van der Waals surface area contributed by atoms with E-state index >= 15 is 0 Å². The highest BCUT2D eigenvalue weighted by Gasteiger charge is 2.29. The monoisotopic (exact) mass is 415 g/mol. The van der Waals surface area contributed by atoms with Crippen LogP contribution in [-0.2, 0) is 16.0 Å². The summed E-state index contributed by atoms with van der Waals surface area (Å²) in [6.45, 7) is 1.40. The molecule has 2 aromatic carbocycles. The number of nitrogens with zero attached hydrogens (tertiary/aromatic N) is 1. The number of hydrogen-bond acceptors (Lipinski definition) is 4. The van der Waals surface area contributed by atoms with Crippen LogP contribution in [0.25, 0.3) is 0 Å². The molecule has 8 nitrogen and oxygen atoms in total. The lowest BCUT2D eigenvalue weighted by Gasteiger charge is -2.14. The van der Waals surface area contributed by atoms with Crippen molar-refractivity contribution in [3.05, 3.63) is 59.2 Å². The summed E-state index contributed by atoms with van der Waals surface area (Å²) in [6.07, 6.45) is -0.0940. The Bertz CT molecular complexity index is 1050. The van der Waals surface area contributed by atoms with Crippen molar-refractivity contribution in [2.24, 2.45) is 10.7 Å². The fourth-order valence-electron chi connectivity index (χ4n) is 2.81. The van der Waals surface area contributed by atoms with E-state index in [0.29, 0.717) is 5.56 Å². The van der Waals surface area contributed by atoms with Gasteiger partial charge < -0.3 is 21.1 Å². The van der Waals surface area contributed by atoms with Crippen LogP contribution in [-0.4, -0.2) is 36.1 Å². The van der Waals surface area contributed by atoms with Crippen LogP contribution in [0.4, 0.5) is 14.5 Å². The van der Waals surface area contributed by atoms with Gasteiger partial charge in [0.25, 0.3) is 11.8 Å². The molecule has 1 atom stereocenters. The van der Waals surface area contributed by atoms with Crippen molar-refractivity contribution >= 4 is 29.2 Å². The Hall–Kier alpha value is -3.82. The highest BCUT2D eigenvalue weighted by Crippen LogP contribution is 2.31. The molecule has 2 amide bonds. The zero-order valence-corrected chi connectivity index (χ0v) is 16.0. The minimum atomic E-state index is -1.19. The van der Waals surface area contributed by atoms with E-state index in [0.717, 1.165) is 0 Å². The SMILES string of the molecule is Cc1cc(F)c2c(c1)OCC(NC(=O)C(=N)N=C(N)Cc1ccccc1F)C(=O)N2. The van der Waals surface area contributed by atoms with E-state index in [1.54, 1.807) is 19.1 Å². The van der Waals surface area contributed by atoms with E-state index in [1.807, 2.05) is 0 Å². The summed E-state index contributed by atoms with van der Waals surface area (Å²) in [5.74, 6) is -3.62. The van der Waals surface area contributed by atoms with Gasteiger partial charge in [-0.15, -0.1) is 0 Å². The molecule has 156 valence electrons. The molecule has 10 heteroatoms. The maximum absolute atomic E-state index is 14.1. The Balaban J connectivity index is 1.65. The molecule has 0 bridgehead atoms. The number of carbonyl (C=O) groups excluding carboxylic acids is 2. The van der Waals surface area contributed by atoms with Gasteiger partial charge in [0, 0.05) is 6.42 Å². The van der Waals surface area contributed by atoms with Crippen LogP contribution in [0, 0.1) is 24.0 Å². The quantitative estimate of drug-likeness (QED) is 0.449. The first-order valence-corrected chi connectivity index (χ1v) is 8.94. The number of halogens is 2. The molecule has 30 heavy (non-hydrogen) atoms. The van der Waals surface area contributed by atoms with Crippen LogP contribution in [0.5, 0.6) is 5.75 Å². The van der Waals surface area contributed by atoms with Crippen molar-refractivity contribution in [3.63, 3.8) is 0 Å². The maximum atomic E-state index is 14.1. The molecule has 0 saturated heterocycles. The number of rotatable bonds is 3. The van der Waals surface area contributed by atoms with Crippen molar-refractivity contribution in [1.82, 2.24) is 5.32 Å².